The second-order valence-electron chi connectivity index (χ2n) is 5.62. The molecule has 0 saturated carbocycles. The highest BCUT2D eigenvalue weighted by Crippen LogP contribution is 2.35. The average molecular weight is 286 g/mol. The van der Waals surface area contributed by atoms with Gasteiger partial charge >= 0.3 is 0 Å². The van der Waals surface area contributed by atoms with Crippen molar-refractivity contribution in [2.75, 3.05) is 12.8 Å². The SMILES string of the molecule is COc1c(S(=O)(=O)NC(C)(C)C)cc(C)c(C)c1N. The van der Waals surface area contributed by atoms with Gasteiger partial charge in [-0.1, -0.05) is 0 Å². The van der Waals surface area contributed by atoms with Gasteiger partial charge in [-0.2, -0.15) is 0 Å². The van der Waals surface area contributed by atoms with Crippen LogP contribution in [0, 0.1) is 13.8 Å². The smallest absolute Gasteiger partial charge is 0.244 e. The highest BCUT2D eigenvalue weighted by Gasteiger charge is 2.27. The monoisotopic (exact) mass is 286 g/mol. The van der Waals surface area contributed by atoms with Crippen molar-refractivity contribution in [3.05, 3.63) is 17.2 Å². The van der Waals surface area contributed by atoms with Crippen LogP contribution in [0.4, 0.5) is 5.69 Å². The minimum absolute atomic E-state index is 0.0746. The molecular formula is C13H22N2O3S. The van der Waals surface area contributed by atoms with Crippen LogP contribution < -0.4 is 15.2 Å². The fourth-order valence-electron chi connectivity index (χ4n) is 1.75. The summed E-state index contributed by atoms with van der Waals surface area (Å²) in [5.74, 6) is 0.194. The van der Waals surface area contributed by atoms with Crippen molar-refractivity contribution in [1.29, 1.82) is 0 Å². The summed E-state index contributed by atoms with van der Waals surface area (Å²) in [4.78, 5) is 0.0746. The van der Waals surface area contributed by atoms with E-state index in [2.05, 4.69) is 4.72 Å². The highest BCUT2D eigenvalue weighted by atomic mass is 32.2. The first-order valence-electron chi connectivity index (χ1n) is 5.97. The Balaban J connectivity index is 3.51. The maximum absolute atomic E-state index is 12.4. The van der Waals surface area contributed by atoms with Crippen LogP contribution in [0.2, 0.25) is 0 Å². The highest BCUT2D eigenvalue weighted by molar-refractivity contribution is 7.89. The predicted octanol–water partition coefficient (Wildman–Crippen LogP) is 1.97. The molecule has 0 aliphatic carbocycles. The molecule has 0 spiro atoms. The van der Waals surface area contributed by atoms with Gasteiger partial charge in [-0.3, -0.25) is 0 Å². The molecule has 6 heteroatoms. The van der Waals surface area contributed by atoms with Gasteiger partial charge in [0.2, 0.25) is 10.0 Å². The van der Waals surface area contributed by atoms with Crippen LogP contribution in [0.1, 0.15) is 31.9 Å². The van der Waals surface area contributed by atoms with E-state index >= 15 is 0 Å². The first-order chi connectivity index (χ1) is 8.49. The van der Waals surface area contributed by atoms with Crippen LogP contribution in [0.5, 0.6) is 5.75 Å². The molecule has 0 aromatic heterocycles. The number of anilines is 1. The number of hydrogen-bond acceptors (Lipinski definition) is 4. The molecule has 0 atom stereocenters. The molecule has 3 N–H and O–H groups in total. The third-order valence-corrected chi connectivity index (χ3v) is 4.51. The first-order valence-corrected chi connectivity index (χ1v) is 7.45. The molecule has 1 aromatic carbocycles. The van der Waals surface area contributed by atoms with E-state index in [1.54, 1.807) is 26.8 Å². The lowest BCUT2D eigenvalue weighted by Crippen LogP contribution is -2.40. The van der Waals surface area contributed by atoms with E-state index in [1.807, 2.05) is 13.8 Å². The van der Waals surface area contributed by atoms with Crippen molar-refractivity contribution >= 4 is 15.7 Å². The number of sulfonamides is 1. The molecule has 0 fully saturated rings. The zero-order valence-electron chi connectivity index (χ0n) is 12.3. The number of nitrogens with one attached hydrogen (secondary N) is 1. The Kier molecular flexibility index (Phi) is 4.17. The molecule has 0 saturated heterocycles. The summed E-state index contributed by atoms with van der Waals surface area (Å²) in [6, 6.07) is 1.58. The van der Waals surface area contributed by atoms with Crippen molar-refractivity contribution in [3.63, 3.8) is 0 Å². The van der Waals surface area contributed by atoms with Crippen LogP contribution in [0.3, 0.4) is 0 Å². The maximum atomic E-state index is 12.4. The van der Waals surface area contributed by atoms with Crippen molar-refractivity contribution in [2.24, 2.45) is 0 Å². The van der Waals surface area contributed by atoms with E-state index in [0.29, 0.717) is 5.69 Å². The number of hydrogen-bond donors (Lipinski definition) is 2. The van der Waals surface area contributed by atoms with Crippen LogP contribution in [-0.2, 0) is 10.0 Å². The second kappa shape index (κ2) is 5.02. The van der Waals surface area contributed by atoms with E-state index in [4.69, 9.17) is 10.5 Å². The number of nitrogen functional groups attached to an aromatic ring is 1. The lowest BCUT2D eigenvalue weighted by atomic mass is 10.1. The Hall–Kier alpha value is -1.27. The number of ether oxygens (including phenoxy) is 1. The molecule has 0 aliphatic heterocycles. The van der Waals surface area contributed by atoms with Gasteiger partial charge in [-0.15, -0.1) is 0 Å². The normalized spacial score (nSPS) is 12.5. The molecule has 0 bridgehead atoms. The number of benzene rings is 1. The Morgan fingerprint density at radius 3 is 2.21 bits per heavy atom. The molecule has 108 valence electrons. The topological polar surface area (TPSA) is 81.4 Å². The third-order valence-electron chi connectivity index (χ3n) is 2.75. The van der Waals surface area contributed by atoms with E-state index in [1.165, 1.54) is 7.11 Å². The minimum Gasteiger partial charge on any atom is -0.493 e. The molecule has 19 heavy (non-hydrogen) atoms. The summed E-state index contributed by atoms with van der Waals surface area (Å²) in [7, 11) is -2.26. The Bertz CT molecular complexity index is 587. The summed E-state index contributed by atoms with van der Waals surface area (Å²) in [5.41, 5.74) is 7.36. The Labute approximate surface area is 115 Å². The molecule has 0 heterocycles. The van der Waals surface area contributed by atoms with Gasteiger partial charge in [0.15, 0.2) is 5.75 Å². The lowest BCUT2D eigenvalue weighted by molar-refractivity contribution is 0.403. The van der Waals surface area contributed by atoms with E-state index in [0.717, 1.165) is 11.1 Å². The van der Waals surface area contributed by atoms with Gasteiger partial charge in [0, 0.05) is 5.54 Å². The van der Waals surface area contributed by atoms with E-state index < -0.39 is 15.6 Å². The van der Waals surface area contributed by atoms with Crippen molar-refractivity contribution in [1.82, 2.24) is 4.72 Å². The van der Waals surface area contributed by atoms with E-state index in [-0.39, 0.29) is 10.6 Å². The summed E-state index contributed by atoms with van der Waals surface area (Å²) in [5, 5.41) is 0. The van der Waals surface area contributed by atoms with Crippen LogP contribution in [-0.4, -0.2) is 21.1 Å². The van der Waals surface area contributed by atoms with Crippen molar-refractivity contribution in [2.45, 2.75) is 45.1 Å². The largest absolute Gasteiger partial charge is 0.493 e. The third kappa shape index (κ3) is 3.39. The van der Waals surface area contributed by atoms with Gasteiger partial charge in [0.05, 0.1) is 12.8 Å². The van der Waals surface area contributed by atoms with Gasteiger partial charge in [-0.05, 0) is 51.8 Å². The van der Waals surface area contributed by atoms with Gasteiger partial charge in [0.25, 0.3) is 0 Å². The standard InChI is InChI=1S/C13H22N2O3S/c1-8-7-10(12(18-6)11(14)9(8)2)19(16,17)15-13(3,4)5/h7,15H,14H2,1-6H3. The zero-order chi connectivity index (χ0) is 15.0. The van der Waals surface area contributed by atoms with Gasteiger partial charge in [0.1, 0.15) is 4.90 Å². The fourth-order valence-corrected chi connectivity index (χ4v) is 3.44. The molecule has 5 nitrogen and oxygen atoms in total. The number of methoxy groups -OCH3 is 1. The predicted molar refractivity (Wildman–Crippen MR) is 77.0 cm³/mol. The molecule has 0 amide bonds. The van der Waals surface area contributed by atoms with Crippen molar-refractivity contribution in [3.8, 4) is 5.75 Å². The molecule has 0 aliphatic rings. The van der Waals surface area contributed by atoms with E-state index in [9.17, 15) is 8.42 Å². The zero-order valence-corrected chi connectivity index (χ0v) is 13.1. The quantitative estimate of drug-likeness (QED) is 0.832. The first kappa shape index (κ1) is 15.8. The van der Waals surface area contributed by atoms with Crippen LogP contribution >= 0.6 is 0 Å². The lowest BCUT2D eigenvalue weighted by Gasteiger charge is -2.22. The van der Waals surface area contributed by atoms with Crippen LogP contribution in [0.25, 0.3) is 0 Å². The molecule has 1 aromatic rings. The molecule has 1 rings (SSSR count). The summed E-state index contributed by atoms with van der Waals surface area (Å²) in [6.07, 6.45) is 0. The average Bonchev–Trinajstić information content (AvgIpc) is 2.22. The molecule has 0 radical (unpaired) electrons. The maximum Gasteiger partial charge on any atom is 0.244 e. The van der Waals surface area contributed by atoms with Gasteiger partial charge in [-0.25, -0.2) is 13.1 Å². The Morgan fingerprint density at radius 1 is 1.26 bits per heavy atom. The minimum atomic E-state index is -3.68. The number of rotatable bonds is 3. The van der Waals surface area contributed by atoms with Crippen molar-refractivity contribution < 1.29 is 13.2 Å². The summed E-state index contributed by atoms with van der Waals surface area (Å²) in [6.45, 7) is 8.99. The number of aryl methyl sites for hydroxylation is 1. The number of nitrogens with two attached hydrogens (primary N) is 1. The Morgan fingerprint density at radius 2 is 1.79 bits per heavy atom. The van der Waals surface area contributed by atoms with Gasteiger partial charge < -0.3 is 10.5 Å². The summed E-state index contributed by atoms with van der Waals surface area (Å²) < 4.78 is 32.6. The van der Waals surface area contributed by atoms with Crippen LogP contribution in [0.15, 0.2) is 11.0 Å². The molecule has 0 unspecified atom stereocenters. The summed E-state index contributed by atoms with van der Waals surface area (Å²) >= 11 is 0. The fraction of sp³-hybridized carbons (Fsp3) is 0.538. The second-order valence-corrected chi connectivity index (χ2v) is 7.27. The molecular weight excluding hydrogens is 264 g/mol.